The van der Waals surface area contributed by atoms with Crippen molar-refractivity contribution in [1.29, 1.82) is 0 Å². The summed E-state index contributed by atoms with van der Waals surface area (Å²) in [6.07, 6.45) is 0. The number of esters is 1. The first kappa shape index (κ1) is 21.1. The highest BCUT2D eigenvalue weighted by Crippen LogP contribution is 2.21. The Hall–Kier alpha value is -3.65. The average molecular weight is 424 g/mol. The maximum atomic E-state index is 12.6. The second kappa shape index (κ2) is 8.79. The molecule has 0 bridgehead atoms. The lowest BCUT2D eigenvalue weighted by atomic mass is 10.1. The van der Waals surface area contributed by atoms with E-state index in [1.54, 1.807) is 43.3 Å². The zero-order chi connectivity index (χ0) is 21.7. The molecule has 0 aliphatic heterocycles. The molecule has 3 rings (SSSR count). The summed E-state index contributed by atoms with van der Waals surface area (Å²) in [5.74, 6) is -0.878. The van der Waals surface area contributed by atoms with Gasteiger partial charge < -0.3 is 10.1 Å². The average Bonchev–Trinajstić information content (AvgIpc) is 2.75. The fraction of sp³-hybridized carbons (Fsp3) is 0.0909. The number of anilines is 2. The first-order valence-electron chi connectivity index (χ1n) is 8.99. The first-order valence-corrected chi connectivity index (χ1v) is 10.5. The number of methoxy groups -OCH3 is 1. The standard InChI is InChI=1S/C22H20N2O5S/c1-15-19(22(26)29-2)9-6-10-20(15)23-21(25)16-11-13-17(14-12-16)24-30(27,28)18-7-4-3-5-8-18/h3-14,24H,1-2H3,(H,23,25). The molecule has 0 heterocycles. The second-order valence-corrected chi connectivity index (χ2v) is 8.10. The van der Waals surface area contributed by atoms with Gasteiger partial charge in [0.1, 0.15) is 0 Å². The van der Waals surface area contributed by atoms with Gasteiger partial charge in [-0.2, -0.15) is 0 Å². The molecule has 154 valence electrons. The Labute approximate surface area is 174 Å². The Balaban J connectivity index is 1.74. The number of rotatable bonds is 6. The van der Waals surface area contributed by atoms with Crippen LogP contribution >= 0.6 is 0 Å². The molecule has 1 amide bonds. The number of carbonyl (C=O) groups is 2. The Morgan fingerprint density at radius 3 is 2.17 bits per heavy atom. The van der Waals surface area contributed by atoms with Crippen molar-refractivity contribution in [3.05, 3.63) is 89.5 Å². The number of ether oxygens (including phenoxy) is 1. The molecule has 7 nitrogen and oxygen atoms in total. The monoisotopic (exact) mass is 424 g/mol. The molecule has 30 heavy (non-hydrogen) atoms. The lowest BCUT2D eigenvalue weighted by Gasteiger charge is -2.12. The van der Waals surface area contributed by atoms with Crippen molar-refractivity contribution >= 4 is 33.3 Å². The molecular weight excluding hydrogens is 404 g/mol. The van der Waals surface area contributed by atoms with E-state index in [1.165, 1.54) is 43.5 Å². The molecule has 2 N–H and O–H groups in total. The smallest absolute Gasteiger partial charge is 0.338 e. The molecular formula is C22H20N2O5S. The van der Waals surface area contributed by atoms with Crippen LogP contribution in [0.5, 0.6) is 0 Å². The van der Waals surface area contributed by atoms with Gasteiger partial charge >= 0.3 is 5.97 Å². The number of nitrogens with one attached hydrogen (secondary N) is 2. The van der Waals surface area contributed by atoms with Gasteiger partial charge in [0.25, 0.3) is 15.9 Å². The number of benzene rings is 3. The van der Waals surface area contributed by atoms with E-state index in [2.05, 4.69) is 10.0 Å². The first-order chi connectivity index (χ1) is 14.3. The Bertz CT molecular complexity index is 1170. The van der Waals surface area contributed by atoms with E-state index >= 15 is 0 Å². The highest BCUT2D eigenvalue weighted by atomic mass is 32.2. The van der Waals surface area contributed by atoms with Crippen LogP contribution in [0.25, 0.3) is 0 Å². The lowest BCUT2D eigenvalue weighted by molar-refractivity contribution is 0.0599. The molecule has 3 aromatic carbocycles. The molecule has 0 saturated carbocycles. The van der Waals surface area contributed by atoms with Crippen molar-refractivity contribution in [2.45, 2.75) is 11.8 Å². The number of hydrogen-bond donors (Lipinski definition) is 2. The minimum atomic E-state index is -3.71. The molecule has 0 spiro atoms. The number of hydrogen-bond acceptors (Lipinski definition) is 5. The van der Waals surface area contributed by atoms with Crippen LogP contribution in [0.4, 0.5) is 11.4 Å². The predicted molar refractivity (Wildman–Crippen MR) is 114 cm³/mol. The summed E-state index contributed by atoms with van der Waals surface area (Å²) in [4.78, 5) is 24.5. The fourth-order valence-electron chi connectivity index (χ4n) is 2.80. The predicted octanol–water partition coefficient (Wildman–Crippen LogP) is 3.83. The summed E-state index contributed by atoms with van der Waals surface area (Å²) >= 11 is 0. The molecule has 0 saturated heterocycles. The van der Waals surface area contributed by atoms with E-state index in [9.17, 15) is 18.0 Å². The van der Waals surface area contributed by atoms with Crippen molar-refractivity contribution in [2.24, 2.45) is 0 Å². The quantitative estimate of drug-likeness (QED) is 0.586. The number of sulfonamides is 1. The van der Waals surface area contributed by atoms with Crippen LogP contribution in [0.3, 0.4) is 0 Å². The van der Waals surface area contributed by atoms with Crippen LogP contribution in [-0.4, -0.2) is 27.4 Å². The number of amides is 1. The molecule has 0 aliphatic carbocycles. The summed E-state index contributed by atoms with van der Waals surface area (Å²) in [6.45, 7) is 1.71. The third kappa shape index (κ3) is 4.66. The van der Waals surface area contributed by atoms with Crippen LogP contribution in [0.2, 0.25) is 0 Å². The topological polar surface area (TPSA) is 102 Å². The molecule has 0 aromatic heterocycles. The van der Waals surface area contributed by atoms with Crippen LogP contribution in [0.1, 0.15) is 26.3 Å². The third-order valence-corrected chi connectivity index (χ3v) is 5.84. The molecule has 0 atom stereocenters. The van der Waals surface area contributed by atoms with Gasteiger partial charge in [0.2, 0.25) is 0 Å². The van der Waals surface area contributed by atoms with Gasteiger partial charge in [0.05, 0.1) is 17.6 Å². The summed E-state index contributed by atoms with van der Waals surface area (Å²) < 4.78 is 32.0. The molecule has 0 unspecified atom stereocenters. The minimum Gasteiger partial charge on any atom is -0.465 e. The molecule has 0 aliphatic rings. The van der Waals surface area contributed by atoms with Crippen LogP contribution in [0.15, 0.2) is 77.7 Å². The van der Waals surface area contributed by atoms with E-state index in [4.69, 9.17) is 4.74 Å². The van der Waals surface area contributed by atoms with E-state index in [0.717, 1.165) is 0 Å². The van der Waals surface area contributed by atoms with Crippen LogP contribution < -0.4 is 10.0 Å². The molecule has 0 fully saturated rings. The zero-order valence-corrected chi connectivity index (χ0v) is 17.2. The molecule has 3 aromatic rings. The molecule has 0 radical (unpaired) electrons. The van der Waals surface area contributed by atoms with E-state index in [1.807, 2.05) is 0 Å². The normalized spacial score (nSPS) is 10.9. The van der Waals surface area contributed by atoms with Gasteiger partial charge in [-0.05, 0) is 61.0 Å². The maximum absolute atomic E-state index is 12.6. The zero-order valence-electron chi connectivity index (χ0n) is 16.4. The third-order valence-electron chi connectivity index (χ3n) is 4.44. The maximum Gasteiger partial charge on any atom is 0.338 e. The highest BCUT2D eigenvalue weighted by Gasteiger charge is 2.16. The Morgan fingerprint density at radius 1 is 0.867 bits per heavy atom. The van der Waals surface area contributed by atoms with Crippen molar-refractivity contribution < 1.29 is 22.7 Å². The fourth-order valence-corrected chi connectivity index (χ4v) is 3.88. The van der Waals surface area contributed by atoms with E-state index in [0.29, 0.717) is 28.1 Å². The van der Waals surface area contributed by atoms with Crippen LogP contribution in [0, 0.1) is 6.92 Å². The SMILES string of the molecule is COC(=O)c1cccc(NC(=O)c2ccc(NS(=O)(=O)c3ccccc3)cc2)c1C. The minimum absolute atomic E-state index is 0.146. The lowest BCUT2D eigenvalue weighted by Crippen LogP contribution is -2.15. The summed E-state index contributed by atoms with van der Waals surface area (Å²) in [7, 11) is -2.42. The van der Waals surface area contributed by atoms with E-state index < -0.39 is 21.9 Å². The molecule has 8 heteroatoms. The summed E-state index contributed by atoms with van der Waals surface area (Å²) in [5.41, 5.74) is 2.10. The van der Waals surface area contributed by atoms with Crippen molar-refractivity contribution in [3.63, 3.8) is 0 Å². The number of carbonyl (C=O) groups excluding carboxylic acids is 2. The van der Waals surface area contributed by atoms with Gasteiger partial charge in [0, 0.05) is 16.9 Å². The Kier molecular flexibility index (Phi) is 6.17. The van der Waals surface area contributed by atoms with Gasteiger partial charge in [-0.1, -0.05) is 24.3 Å². The van der Waals surface area contributed by atoms with Gasteiger partial charge in [-0.15, -0.1) is 0 Å². The highest BCUT2D eigenvalue weighted by molar-refractivity contribution is 7.92. The van der Waals surface area contributed by atoms with Crippen LogP contribution in [-0.2, 0) is 14.8 Å². The van der Waals surface area contributed by atoms with Crippen molar-refractivity contribution in [2.75, 3.05) is 17.1 Å². The van der Waals surface area contributed by atoms with Gasteiger partial charge in [-0.25, -0.2) is 13.2 Å². The van der Waals surface area contributed by atoms with Gasteiger partial charge in [0.15, 0.2) is 0 Å². The summed E-state index contributed by atoms with van der Waals surface area (Å²) in [5, 5.41) is 2.75. The van der Waals surface area contributed by atoms with Crippen molar-refractivity contribution in [1.82, 2.24) is 0 Å². The van der Waals surface area contributed by atoms with E-state index in [-0.39, 0.29) is 4.90 Å². The summed E-state index contributed by atoms with van der Waals surface area (Å²) in [6, 6.07) is 19.0. The van der Waals surface area contributed by atoms with Crippen molar-refractivity contribution in [3.8, 4) is 0 Å². The largest absolute Gasteiger partial charge is 0.465 e. The Morgan fingerprint density at radius 2 is 1.53 bits per heavy atom. The van der Waals surface area contributed by atoms with Gasteiger partial charge in [-0.3, -0.25) is 9.52 Å². The second-order valence-electron chi connectivity index (χ2n) is 6.42.